The van der Waals surface area contributed by atoms with Crippen molar-refractivity contribution in [2.45, 2.75) is 37.4 Å². The normalized spacial score (nSPS) is 19.5. The lowest BCUT2D eigenvalue weighted by molar-refractivity contribution is 0.584. The minimum absolute atomic E-state index is 0.583. The number of hydrogen-bond donors (Lipinski definition) is 0. The first kappa shape index (κ1) is 9.88. The molecule has 1 aliphatic carbocycles. The van der Waals surface area contributed by atoms with Crippen LogP contribution in [-0.4, -0.2) is 13.2 Å². The lowest BCUT2D eigenvalue weighted by atomic mass is 10.2. The number of halogens is 1. The van der Waals surface area contributed by atoms with E-state index in [4.69, 9.17) is 10.7 Å². The second-order valence-corrected chi connectivity index (χ2v) is 6.01. The minimum Gasteiger partial charge on any atom is -0.212 e. The SMILES string of the molecule is CC#CCCC1(S(=O)(=O)Cl)CC1. The predicted octanol–water partition coefficient (Wildman–Crippen LogP) is 1.89. The van der Waals surface area contributed by atoms with Gasteiger partial charge in [-0.3, -0.25) is 0 Å². The van der Waals surface area contributed by atoms with E-state index in [0.29, 0.717) is 25.7 Å². The fourth-order valence-electron chi connectivity index (χ4n) is 1.17. The van der Waals surface area contributed by atoms with Crippen LogP contribution in [0.1, 0.15) is 32.6 Å². The van der Waals surface area contributed by atoms with E-state index in [2.05, 4.69) is 11.8 Å². The number of rotatable bonds is 3. The second kappa shape index (κ2) is 3.27. The van der Waals surface area contributed by atoms with Gasteiger partial charge < -0.3 is 0 Å². The Balaban J connectivity index is 2.56. The van der Waals surface area contributed by atoms with Gasteiger partial charge in [-0.05, 0) is 26.2 Å². The van der Waals surface area contributed by atoms with Crippen LogP contribution in [0.25, 0.3) is 0 Å². The van der Waals surface area contributed by atoms with Crippen LogP contribution in [0.15, 0.2) is 0 Å². The quantitative estimate of drug-likeness (QED) is 0.522. The van der Waals surface area contributed by atoms with Crippen molar-refractivity contribution in [3.8, 4) is 11.8 Å². The van der Waals surface area contributed by atoms with Crippen LogP contribution >= 0.6 is 10.7 Å². The van der Waals surface area contributed by atoms with Crippen molar-refractivity contribution in [3.05, 3.63) is 0 Å². The van der Waals surface area contributed by atoms with Crippen molar-refractivity contribution in [2.24, 2.45) is 0 Å². The topological polar surface area (TPSA) is 34.1 Å². The molecule has 0 saturated heterocycles. The molecule has 0 atom stereocenters. The first-order chi connectivity index (χ1) is 5.52. The highest BCUT2D eigenvalue weighted by Gasteiger charge is 2.52. The van der Waals surface area contributed by atoms with E-state index in [1.54, 1.807) is 6.92 Å². The van der Waals surface area contributed by atoms with Gasteiger partial charge in [-0.25, -0.2) is 8.42 Å². The van der Waals surface area contributed by atoms with Crippen molar-refractivity contribution < 1.29 is 8.42 Å². The zero-order chi connectivity index (χ0) is 9.24. The highest BCUT2D eigenvalue weighted by atomic mass is 35.7. The third-order valence-electron chi connectivity index (χ3n) is 2.21. The van der Waals surface area contributed by atoms with Crippen molar-refractivity contribution >= 4 is 19.7 Å². The Morgan fingerprint density at radius 1 is 1.50 bits per heavy atom. The fraction of sp³-hybridized carbons (Fsp3) is 0.750. The van der Waals surface area contributed by atoms with Crippen LogP contribution in [0.4, 0.5) is 0 Å². The van der Waals surface area contributed by atoms with Gasteiger partial charge in [0.05, 0.1) is 4.75 Å². The van der Waals surface area contributed by atoms with Crippen LogP contribution in [0.2, 0.25) is 0 Å². The van der Waals surface area contributed by atoms with Gasteiger partial charge in [-0.1, -0.05) is 0 Å². The zero-order valence-corrected chi connectivity index (χ0v) is 8.50. The average molecular weight is 207 g/mol. The summed E-state index contributed by atoms with van der Waals surface area (Å²) in [4.78, 5) is 0. The van der Waals surface area contributed by atoms with E-state index < -0.39 is 13.8 Å². The molecule has 0 aromatic carbocycles. The first-order valence-electron chi connectivity index (χ1n) is 3.86. The smallest absolute Gasteiger partial charge is 0.212 e. The predicted molar refractivity (Wildman–Crippen MR) is 49.4 cm³/mol. The van der Waals surface area contributed by atoms with Gasteiger partial charge in [0.1, 0.15) is 0 Å². The highest BCUT2D eigenvalue weighted by molar-refractivity contribution is 8.15. The summed E-state index contributed by atoms with van der Waals surface area (Å²) in [7, 11) is 1.92. The van der Waals surface area contributed by atoms with Crippen LogP contribution in [0.3, 0.4) is 0 Å². The molecule has 0 aliphatic heterocycles. The van der Waals surface area contributed by atoms with Crippen LogP contribution < -0.4 is 0 Å². The van der Waals surface area contributed by atoms with Crippen LogP contribution in [0, 0.1) is 11.8 Å². The van der Waals surface area contributed by atoms with Gasteiger partial charge in [-0.2, -0.15) is 0 Å². The number of hydrogen-bond acceptors (Lipinski definition) is 2. The summed E-state index contributed by atoms with van der Waals surface area (Å²) < 4.78 is 21.4. The van der Waals surface area contributed by atoms with Crippen molar-refractivity contribution in [3.63, 3.8) is 0 Å². The third-order valence-corrected chi connectivity index (χ3v) is 4.84. The molecule has 12 heavy (non-hydrogen) atoms. The molecule has 1 aliphatic rings. The summed E-state index contributed by atoms with van der Waals surface area (Å²) in [6.07, 6.45) is 2.61. The standard InChI is InChI=1S/C8H11ClO2S/c1-2-3-4-5-8(6-7-8)12(9,10)11/h4-7H2,1H3. The first-order valence-corrected chi connectivity index (χ1v) is 6.17. The Bertz CT molecular complexity index is 317. The fourth-order valence-corrected chi connectivity index (χ4v) is 2.80. The van der Waals surface area contributed by atoms with Crippen LogP contribution in [-0.2, 0) is 9.05 Å². The van der Waals surface area contributed by atoms with Gasteiger partial charge in [0.25, 0.3) is 0 Å². The summed E-state index contributed by atoms with van der Waals surface area (Å²) in [5.74, 6) is 5.57. The molecule has 1 saturated carbocycles. The molecule has 0 aromatic heterocycles. The van der Waals surface area contributed by atoms with E-state index in [9.17, 15) is 8.42 Å². The molecule has 0 radical (unpaired) electrons. The molecule has 1 rings (SSSR count). The van der Waals surface area contributed by atoms with Crippen molar-refractivity contribution in [1.29, 1.82) is 0 Å². The van der Waals surface area contributed by atoms with Gasteiger partial charge >= 0.3 is 0 Å². The van der Waals surface area contributed by atoms with E-state index in [-0.39, 0.29) is 0 Å². The largest absolute Gasteiger partial charge is 0.238 e. The summed E-state index contributed by atoms with van der Waals surface area (Å²) >= 11 is 0. The highest BCUT2D eigenvalue weighted by Crippen LogP contribution is 2.48. The molecule has 0 unspecified atom stereocenters. The summed E-state index contributed by atoms with van der Waals surface area (Å²) in [5.41, 5.74) is 0. The summed E-state index contributed by atoms with van der Waals surface area (Å²) in [5, 5.41) is 0. The molecule has 0 bridgehead atoms. The molecule has 2 nitrogen and oxygen atoms in total. The van der Waals surface area contributed by atoms with Gasteiger partial charge in [0.15, 0.2) is 0 Å². The summed E-state index contributed by atoms with van der Waals surface area (Å²) in [6.45, 7) is 1.74. The maximum absolute atomic E-state index is 11.0. The molecule has 0 amide bonds. The van der Waals surface area contributed by atoms with E-state index in [0.717, 1.165) is 0 Å². The van der Waals surface area contributed by atoms with Crippen molar-refractivity contribution in [2.75, 3.05) is 0 Å². The Hall–Kier alpha value is -0.200. The van der Waals surface area contributed by atoms with E-state index in [1.807, 2.05) is 0 Å². The van der Waals surface area contributed by atoms with Gasteiger partial charge in [-0.15, -0.1) is 11.8 Å². The monoisotopic (exact) mass is 206 g/mol. The molecular weight excluding hydrogens is 196 g/mol. The molecule has 4 heteroatoms. The van der Waals surface area contributed by atoms with Crippen LogP contribution in [0.5, 0.6) is 0 Å². The second-order valence-electron chi connectivity index (χ2n) is 3.05. The van der Waals surface area contributed by atoms with E-state index >= 15 is 0 Å². The third kappa shape index (κ3) is 1.94. The maximum Gasteiger partial charge on any atom is 0.238 e. The van der Waals surface area contributed by atoms with Gasteiger partial charge in [0, 0.05) is 17.1 Å². The molecule has 68 valence electrons. The maximum atomic E-state index is 11.0. The molecule has 0 aromatic rings. The Morgan fingerprint density at radius 2 is 2.08 bits per heavy atom. The lowest BCUT2D eigenvalue weighted by Crippen LogP contribution is -2.17. The molecular formula is C8H11ClO2S. The average Bonchev–Trinajstić information content (AvgIpc) is 2.67. The zero-order valence-electron chi connectivity index (χ0n) is 6.93. The Morgan fingerprint density at radius 3 is 2.42 bits per heavy atom. The molecule has 0 N–H and O–H groups in total. The lowest BCUT2D eigenvalue weighted by Gasteiger charge is -2.07. The Kier molecular flexibility index (Phi) is 2.70. The van der Waals surface area contributed by atoms with Crippen molar-refractivity contribution in [1.82, 2.24) is 0 Å². The Labute approximate surface area is 77.7 Å². The molecule has 0 spiro atoms. The minimum atomic E-state index is -3.37. The van der Waals surface area contributed by atoms with Gasteiger partial charge in [0.2, 0.25) is 9.05 Å². The molecule has 1 fully saturated rings. The summed E-state index contributed by atoms with van der Waals surface area (Å²) in [6, 6.07) is 0. The molecule has 0 heterocycles. The van der Waals surface area contributed by atoms with E-state index in [1.165, 1.54) is 0 Å².